The zero-order valence-corrected chi connectivity index (χ0v) is 21.9. The Bertz CT molecular complexity index is 1290. The Morgan fingerprint density at radius 2 is 1.87 bits per heavy atom. The standard InChI is InChI=1S/C30H33F3N4O/c1-19-15-26(22-5-8-27(32)28(33)17-22)29(20(2)36(19)3)30(38)35-11-4-12-37-13-9-21(10-14-37)25-7-6-24(31)16-23(25)18-34/h5-8,16-17,21,26H,1,4,9-15H2,2-3H3,(H,35,38). The predicted molar refractivity (Wildman–Crippen MR) is 140 cm³/mol. The Hall–Kier alpha value is -3.57. The molecule has 8 heteroatoms. The number of amides is 1. The average Bonchev–Trinajstić information content (AvgIpc) is 2.91. The van der Waals surface area contributed by atoms with Crippen molar-refractivity contribution in [3.05, 3.63) is 94.1 Å². The quantitative estimate of drug-likeness (QED) is 0.483. The molecule has 5 nitrogen and oxygen atoms in total. The number of hydrogen-bond acceptors (Lipinski definition) is 4. The van der Waals surface area contributed by atoms with Crippen molar-refractivity contribution in [3.8, 4) is 6.07 Å². The Balaban J connectivity index is 1.32. The number of nitriles is 1. The summed E-state index contributed by atoms with van der Waals surface area (Å²) in [6.07, 6.45) is 3.00. The normalized spacial score (nSPS) is 19.0. The predicted octanol–water partition coefficient (Wildman–Crippen LogP) is 5.57. The van der Waals surface area contributed by atoms with Crippen LogP contribution in [0.2, 0.25) is 0 Å². The summed E-state index contributed by atoms with van der Waals surface area (Å²) < 4.78 is 41.0. The molecule has 0 aromatic heterocycles. The summed E-state index contributed by atoms with van der Waals surface area (Å²) in [6.45, 7) is 8.97. The van der Waals surface area contributed by atoms with Gasteiger partial charge < -0.3 is 15.1 Å². The van der Waals surface area contributed by atoms with Gasteiger partial charge in [-0.2, -0.15) is 5.26 Å². The van der Waals surface area contributed by atoms with E-state index in [4.69, 9.17) is 0 Å². The number of likely N-dealkylation sites (tertiary alicyclic amines) is 1. The number of carbonyl (C=O) groups excluding carboxylic acids is 1. The highest BCUT2D eigenvalue weighted by Crippen LogP contribution is 2.39. The molecule has 0 saturated carbocycles. The molecule has 2 aromatic carbocycles. The smallest absolute Gasteiger partial charge is 0.249 e. The molecule has 0 bridgehead atoms. The molecule has 0 spiro atoms. The summed E-state index contributed by atoms with van der Waals surface area (Å²) in [6, 6.07) is 10.3. The first-order chi connectivity index (χ1) is 18.2. The number of carbonyl (C=O) groups is 1. The van der Waals surface area contributed by atoms with Gasteiger partial charge in [0.2, 0.25) is 5.91 Å². The summed E-state index contributed by atoms with van der Waals surface area (Å²) in [5.41, 5.74) is 3.97. The van der Waals surface area contributed by atoms with Crippen molar-refractivity contribution in [1.29, 1.82) is 5.26 Å². The van der Waals surface area contributed by atoms with Crippen LogP contribution in [-0.4, -0.2) is 48.9 Å². The lowest BCUT2D eigenvalue weighted by Gasteiger charge is -2.36. The molecule has 1 atom stereocenters. The van der Waals surface area contributed by atoms with Gasteiger partial charge in [0, 0.05) is 36.5 Å². The van der Waals surface area contributed by atoms with E-state index in [1.54, 1.807) is 6.07 Å². The maximum atomic E-state index is 14.0. The molecule has 2 aliphatic heterocycles. The van der Waals surface area contributed by atoms with E-state index in [1.807, 2.05) is 18.9 Å². The number of benzene rings is 2. The van der Waals surface area contributed by atoms with E-state index in [2.05, 4.69) is 22.9 Å². The topological polar surface area (TPSA) is 59.4 Å². The highest BCUT2D eigenvalue weighted by Gasteiger charge is 2.32. The molecular formula is C30H33F3N4O. The SMILES string of the molecule is C=C1CC(c2ccc(F)c(F)c2)C(C(=O)NCCCN2CCC(c3ccc(F)cc3C#N)CC2)=C(C)N1C. The summed E-state index contributed by atoms with van der Waals surface area (Å²) in [5, 5.41) is 12.4. The lowest BCUT2D eigenvalue weighted by molar-refractivity contribution is -0.118. The number of allylic oxidation sites excluding steroid dienone is 2. The molecule has 2 heterocycles. The van der Waals surface area contributed by atoms with Crippen LogP contribution in [0.3, 0.4) is 0 Å². The van der Waals surface area contributed by atoms with Crippen LogP contribution in [0.5, 0.6) is 0 Å². The van der Waals surface area contributed by atoms with Crippen LogP contribution in [0.25, 0.3) is 0 Å². The summed E-state index contributed by atoms with van der Waals surface area (Å²) in [5.74, 6) is -2.62. The molecule has 1 unspecified atom stereocenters. The van der Waals surface area contributed by atoms with Gasteiger partial charge in [0.05, 0.1) is 11.6 Å². The maximum absolute atomic E-state index is 14.0. The van der Waals surface area contributed by atoms with Crippen molar-refractivity contribution in [2.45, 2.75) is 44.4 Å². The lowest BCUT2D eigenvalue weighted by Crippen LogP contribution is -2.37. The van der Waals surface area contributed by atoms with Gasteiger partial charge >= 0.3 is 0 Å². The fourth-order valence-corrected chi connectivity index (χ4v) is 5.53. The monoisotopic (exact) mass is 522 g/mol. The van der Waals surface area contributed by atoms with Gasteiger partial charge in [0.25, 0.3) is 0 Å². The van der Waals surface area contributed by atoms with Gasteiger partial charge in [-0.1, -0.05) is 18.7 Å². The van der Waals surface area contributed by atoms with Crippen molar-refractivity contribution < 1.29 is 18.0 Å². The van der Waals surface area contributed by atoms with Gasteiger partial charge in [-0.05, 0) is 93.6 Å². The van der Waals surface area contributed by atoms with Gasteiger partial charge in [-0.15, -0.1) is 0 Å². The van der Waals surface area contributed by atoms with Gasteiger partial charge in [-0.3, -0.25) is 4.79 Å². The number of hydrogen-bond donors (Lipinski definition) is 1. The molecular weight excluding hydrogens is 489 g/mol. The van der Waals surface area contributed by atoms with E-state index in [1.165, 1.54) is 18.2 Å². The number of nitrogens with zero attached hydrogens (tertiary/aromatic N) is 3. The van der Waals surface area contributed by atoms with Crippen LogP contribution in [0.4, 0.5) is 13.2 Å². The number of nitrogens with one attached hydrogen (secondary N) is 1. The number of piperidine rings is 1. The van der Waals surface area contributed by atoms with Gasteiger partial charge in [0.1, 0.15) is 5.82 Å². The van der Waals surface area contributed by atoms with Crippen LogP contribution in [0.15, 0.2) is 59.9 Å². The maximum Gasteiger partial charge on any atom is 0.249 e. The van der Waals surface area contributed by atoms with Crippen LogP contribution in [0.1, 0.15) is 61.1 Å². The molecule has 1 N–H and O–H groups in total. The lowest BCUT2D eigenvalue weighted by atomic mass is 9.82. The number of rotatable bonds is 7. The average molecular weight is 523 g/mol. The molecule has 0 aliphatic carbocycles. The minimum absolute atomic E-state index is 0.212. The van der Waals surface area contributed by atoms with Gasteiger partial charge in [-0.25, -0.2) is 13.2 Å². The van der Waals surface area contributed by atoms with E-state index in [9.17, 15) is 23.2 Å². The third-order valence-electron chi connectivity index (χ3n) is 7.85. The molecule has 1 fully saturated rings. The second-order valence-electron chi connectivity index (χ2n) is 10.1. The minimum atomic E-state index is -0.934. The molecule has 38 heavy (non-hydrogen) atoms. The van der Waals surface area contributed by atoms with Crippen LogP contribution >= 0.6 is 0 Å². The summed E-state index contributed by atoms with van der Waals surface area (Å²) in [7, 11) is 1.85. The van der Waals surface area contributed by atoms with Crippen LogP contribution in [0, 0.1) is 28.8 Å². The molecule has 2 aromatic rings. The van der Waals surface area contributed by atoms with E-state index in [0.717, 1.165) is 68.0 Å². The van der Waals surface area contributed by atoms with Crippen LogP contribution in [-0.2, 0) is 4.79 Å². The van der Waals surface area contributed by atoms with E-state index >= 15 is 0 Å². The van der Waals surface area contributed by atoms with Gasteiger partial charge in [0.15, 0.2) is 11.6 Å². The van der Waals surface area contributed by atoms with E-state index in [-0.39, 0.29) is 11.8 Å². The van der Waals surface area contributed by atoms with Crippen molar-refractivity contribution >= 4 is 5.91 Å². The fraction of sp³-hybridized carbons (Fsp3) is 0.400. The highest BCUT2D eigenvalue weighted by molar-refractivity contribution is 5.96. The zero-order valence-electron chi connectivity index (χ0n) is 21.9. The summed E-state index contributed by atoms with van der Waals surface area (Å²) >= 11 is 0. The second-order valence-corrected chi connectivity index (χ2v) is 10.1. The Labute approximate surface area is 222 Å². The third kappa shape index (κ3) is 5.94. The number of halogens is 3. The Morgan fingerprint density at radius 1 is 1.13 bits per heavy atom. The molecule has 200 valence electrons. The Morgan fingerprint density at radius 3 is 2.55 bits per heavy atom. The van der Waals surface area contributed by atoms with Crippen molar-refractivity contribution in [1.82, 2.24) is 15.1 Å². The molecule has 1 saturated heterocycles. The molecule has 2 aliphatic rings. The van der Waals surface area contributed by atoms with E-state index < -0.39 is 23.4 Å². The molecule has 4 rings (SSSR count). The largest absolute Gasteiger partial charge is 0.352 e. The van der Waals surface area contributed by atoms with Crippen molar-refractivity contribution in [3.63, 3.8) is 0 Å². The third-order valence-corrected chi connectivity index (χ3v) is 7.85. The Kier molecular flexibility index (Phi) is 8.58. The highest BCUT2D eigenvalue weighted by atomic mass is 19.2. The zero-order chi connectivity index (χ0) is 27.4. The second kappa shape index (κ2) is 11.9. The first-order valence-electron chi connectivity index (χ1n) is 13.0. The van der Waals surface area contributed by atoms with Crippen molar-refractivity contribution in [2.24, 2.45) is 0 Å². The van der Waals surface area contributed by atoms with Crippen molar-refractivity contribution in [2.75, 3.05) is 33.2 Å². The molecule has 0 radical (unpaired) electrons. The molecule has 1 amide bonds. The van der Waals surface area contributed by atoms with Crippen LogP contribution < -0.4 is 5.32 Å². The van der Waals surface area contributed by atoms with E-state index in [0.29, 0.717) is 29.7 Å². The minimum Gasteiger partial charge on any atom is -0.352 e. The fourth-order valence-electron chi connectivity index (χ4n) is 5.53. The first-order valence-corrected chi connectivity index (χ1v) is 13.0. The summed E-state index contributed by atoms with van der Waals surface area (Å²) in [4.78, 5) is 17.5. The first kappa shape index (κ1) is 27.5.